The van der Waals surface area contributed by atoms with E-state index in [1.54, 1.807) is 49.6 Å². The second-order valence-electron chi connectivity index (χ2n) is 6.25. The van der Waals surface area contributed by atoms with Gasteiger partial charge in [-0.15, -0.1) is 6.58 Å². The first-order chi connectivity index (χ1) is 13.4. The van der Waals surface area contributed by atoms with E-state index in [1.807, 2.05) is 18.2 Å². The standard InChI is InChI=1S/C21H22N2O4S/c1-3-12-23(14-18-8-10-20(27-2)11-9-18)21(24)16-28(25,26)15-19-6-4-17(13-22)5-7-19/h3-11H,1,12,14-16H2,2H3. The molecule has 2 aromatic carbocycles. The summed E-state index contributed by atoms with van der Waals surface area (Å²) in [7, 11) is -2.08. The molecule has 2 rings (SSSR count). The molecule has 1 amide bonds. The van der Waals surface area contributed by atoms with E-state index in [9.17, 15) is 13.2 Å². The quantitative estimate of drug-likeness (QED) is 0.606. The van der Waals surface area contributed by atoms with E-state index in [1.165, 1.54) is 4.90 Å². The molecular formula is C21H22N2O4S. The normalized spacial score (nSPS) is 10.7. The number of nitrogens with zero attached hydrogens (tertiary/aromatic N) is 2. The van der Waals surface area contributed by atoms with Gasteiger partial charge >= 0.3 is 0 Å². The summed E-state index contributed by atoms with van der Waals surface area (Å²) in [5, 5.41) is 8.81. The van der Waals surface area contributed by atoms with Gasteiger partial charge in [-0.05, 0) is 35.4 Å². The summed E-state index contributed by atoms with van der Waals surface area (Å²) in [5.41, 5.74) is 1.85. The molecule has 28 heavy (non-hydrogen) atoms. The Hall–Kier alpha value is -3.11. The molecule has 0 radical (unpaired) electrons. The number of amides is 1. The van der Waals surface area contributed by atoms with Gasteiger partial charge in [-0.1, -0.05) is 30.3 Å². The summed E-state index contributed by atoms with van der Waals surface area (Å²) in [5.74, 6) is -0.619. The van der Waals surface area contributed by atoms with Crippen LogP contribution in [0.3, 0.4) is 0 Å². The summed E-state index contributed by atoms with van der Waals surface area (Å²) in [6, 6.07) is 15.5. The summed E-state index contributed by atoms with van der Waals surface area (Å²) < 4.78 is 30.0. The fourth-order valence-corrected chi connectivity index (χ4v) is 3.98. The van der Waals surface area contributed by atoms with Crippen LogP contribution in [0.2, 0.25) is 0 Å². The molecule has 0 aliphatic carbocycles. The lowest BCUT2D eigenvalue weighted by molar-refractivity contribution is -0.128. The van der Waals surface area contributed by atoms with Gasteiger partial charge < -0.3 is 9.64 Å². The lowest BCUT2D eigenvalue weighted by Crippen LogP contribution is -2.35. The average Bonchev–Trinajstić information content (AvgIpc) is 2.68. The molecule has 146 valence electrons. The number of benzene rings is 2. The third-order valence-electron chi connectivity index (χ3n) is 4.05. The predicted molar refractivity (Wildman–Crippen MR) is 107 cm³/mol. The molecule has 7 heteroatoms. The predicted octanol–water partition coefficient (Wildman–Crippen LogP) is 2.70. The van der Waals surface area contributed by atoms with Gasteiger partial charge in [0.1, 0.15) is 11.5 Å². The Morgan fingerprint density at radius 1 is 1.14 bits per heavy atom. The third-order valence-corrected chi connectivity index (χ3v) is 5.51. The Balaban J connectivity index is 2.06. The van der Waals surface area contributed by atoms with E-state index in [2.05, 4.69) is 6.58 Å². The topological polar surface area (TPSA) is 87.5 Å². The number of hydrogen-bond donors (Lipinski definition) is 0. The van der Waals surface area contributed by atoms with Gasteiger partial charge in [-0.3, -0.25) is 4.79 Å². The molecule has 0 unspecified atom stereocenters. The fraction of sp³-hybridized carbons (Fsp3) is 0.238. The molecule has 0 fully saturated rings. The molecule has 0 aliphatic rings. The zero-order valence-corrected chi connectivity index (χ0v) is 16.5. The van der Waals surface area contributed by atoms with Gasteiger partial charge in [0.05, 0.1) is 24.5 Å². The second kappa shape index (κ2) is 9.72. The Labute approximate surface area is 165 Å². The van der Waals surface area contributed by atoms with E-state index in [0.29, 0.717) is 16.9 Å². The summed E-state index contributed by atoms with van der Waals surface area (Å²) in [6.45, 7) is 4.17. The summed E-state index contributed by atoms with van der Waals surface area (Å²) in [6.07, 6.45) is 1.56. The number of ether oxygens (including phenoxy) is 1. The highest BCUT2D eigenvalue weighted by Crippen LogP contribution is 2.14. The fourth-order valence-electron chi connectivity index (χ4n) is 2.62. The molecule has 0 spiro atoms. The van der Waals surface area contributed by atoms with Crippen molar-refractivity contribution in [2.75, 3.05) is 19.4 Å². The van der Waals surface area contributed by atoms with Gasteiger partial charge in [0.25, 0.3) is 0 Å². The maximum atomic E-state index is 12.6. The van der Waals surface area contributed by atoms with Gasteiger partial charge in [0.2, 0.25) is 5.91 Å². The van der Waals surface area contributed by atoms with Crippen LogP contribution in [0.1, 0.15) is 16.7 Å². The molecule has 0 atom stereocenters. The zero-order valence-electron chi connectivity index (χ0n) is 15.7. The van der Waals surface area contributed by atoms with E-state index >= 15 is 0 Å². The van der Waals surface area contributed by atoms with E-state index < -0.39 is 21.5 Å². The molecule has 0 N–H and O–H groups in total. The lowest BCUT2D eigenvalue weighted by Gasteiger charge is -2.21. The van der Waals surface area contributed by atoms with Crippen LogP contribution in [-0.4, -0.2) is 38.6 Å². The molecular weight excluding hydrogens is 376 g/mol. The van der Waals surface area contributed by atoms with Crippen LogP contribution in [0.25, 0.3) is 0 Å². The van der Waals surface area contributed by atoms with Gasteiger partial charge in [0, 0.05) is 13.1 Å². The first-order valence-electron chi connectivity index (χ1n) is 8.58. The van der Waals surface area contributed by atoms with Crippen molar-refractivity contribution in [1.29, 1.82) is 5.26 Å². The van der Waals surface area contributed by atoms with E-state index in [0.717, 1.165) is 5.56 Å². The number of sulfone groups is 1. The van der Waals surface area contributed by atoms with Crippen molar-refractivity contribution in [1.82, 2.24) is 4.90 Å². The van der Waals surface area contributed by atoms with Crippen molar-refractivity contribution in [3.63, 3.8) is 0 Å². The van der Waals surface area contributed by atoms with Crippen LogP contribution in [0.4, 0.5) is 0 Å². The molecule has 0 saturated carbocycles. The van der Waals surface area contributed by atoms with E-state index in [4.69, 9.17) is 10.00 Å². The smallest absolute Gasteiger partial charge is 0.238 e. The minimum absolute atomic E-state index is 0.247. The van der Waals surface area contributed by atoms with Crippen molar-refractivity contribution in [2.24, 2.45) is 0 Å². The van der Waals surface area contributed by atoms with E-state index in [-0.39, 0.29) is 18.8 Å². The minimum Gasteiger partial charge on any atom is -0.497 e. The summed E-state index contributed by atoms with van der Waals surface area (Å²) >= 11 is 0. The molecule has 6 nitrogen and oxygen atoms in total. The first kappa shape index (κ1) is 21.2. The Kier molecular flexibility index (Phi) is 7.36. The van der Waals surface area contributed by atoms with Crippen molar-refractivity contribution < 1.29 is 17.9 Å². The minimum atomic E-state index is -3.65. The SMILES string of the molecule is C=CCN(Cc1ccc(OC)cc1)C(=O)CS(=O)(=O)Cc1ccc(C#N)cc1. The van der Waals surface area contributed by atoms with Crippen LogP contribution in [0.15, 0.2) is 61.2 Å². The molecule has 0 aromatic heterocycles. The Bertz CT molecular complexity index is 959. The van der Waals surface area contributed by atoms with Gasteiger partial charge in [0.15, 0.2) is 9.84 Å². The largest absolute Gasteiger partial charge is 0.497 e. The van der Waals surface area contributed by atoms with Gasteiger partial charge in [-0.2, -0.15) is 5.26 Å². The number of nitriles is 1. The second-order valence-corrected chi connectivity index (χ2v) is 8.32. The number of carbonyl (C=O) groups is 1. The molecule has 2 aromatic rings. The number of hydrogen-bond acceptors (Lipinski definition) is 5. The zero-order chi connectivity index (χ0) is 20.6. The van der Waals surface area contributed by atoms with Gasteiger partial charge in [-0.25, -0.2) is 8.42 Å². The highest BCUT2D eigenvalue weighted by atomic mass is 32.2. The third kappa shape index (κ3) is 6.25. The van der Waals surface area contributed by atoms with Crippen molar-refractivity contribution in [3.05, 3.63) is 77.9 Å². The molecule has 0 bridgehead atoms. The highest BCUT2D eigenvalue weighted by molar-refractivity contribution is 7.91. The number of carbonyl (C=O) groups excluding carboxylic acids is 1. The average molecular weight is 398 g/mol. The number of methoxy groups -OCH3 is 1. The monoisotopic (exact) mass is 398 g/mol. The Morgan fingerprint density at radius 2 is 1.75 bits per heavy atom. The highest BCUT2D eigenvalue weighted by Gasteiger charge is 2.22. The summed E-state index contributed by atoms with van der Waals surface area (Å²) in [4.78, 5) is 14.0. The maximum absolute atomic E-state index is 12.6. The Morgan fingerprint density at radius 3 is 2.29 bits per heavy atom. The van der Waals surface area contributed by atoms with Crippen LogP contribution in [0, 0.1) is 11.3 Å². The van der Waals surface area contributed by atoms with Crippen molar-refractivity contribution >= 4 is 15.7 Å². The molecule has 0 saturated heterocycles. The molecule has 0 heterocycles. The van der Waals surface area contributed by atoms with Crippen LogP contribution < -0.4 is 4.74 Å². The maximum Gasteiger partial charge on any atom is 0.238 e. The van der Waals surface area contributed by atoms with Crippen LogP contribution in [0.5, 0.6) is 5.75 Å². The molecule has 0 aliphatic heterocycles. The first-order valence-corrected chi connectivity index (χ1v) is 10.4. The van der Waals surface area contributed by atoms with Crippen LogP contribution in [-0.2, 0) is 26.9 Å². The number of rotatable bonds is 9. The lowest BCUT2D eigenvalue weighted by atomic mass is 10.2. The van der Waals surface area contributed by atoms with Crippen molar-refractivity contribution in [2.45, 2.75) is 12.3 Å². The van der Waals surface area contributed by atoms with Crippen molar-refractivity contribution in [3.8, 4) is 11.8 Å². The van der Waals surface area contributed by atoms with Crippen LogP contribution >= 0.6 is 0 Å².